The number of carbonyl (C=O) groups excluding carboxylic acids is 1. The van der Waals surface area contributed by atoms with Crippen LogP contribution >= 0.6 is 0 Å². The molecule has 0 spiro atoms. The number of pyridine rings is 1. The largest absolute Gasteiger partial charge is 0.481 e. The molecule has 136 valence electrons. The summed E-state index contributed by atoms with van der Waals surface area (Å²) < 4.78 is 0. The highest BCUT2D eigenvalue weighted by atomic mass is 16.4. The van der Waals surface area contributed by atoms with E-state index in [0.717, 1.165) is 11.3 Å². The lowest BCUT2D eigenvalue weighted by Gasteiger charge is -2.35. The Morgan fingerprint density at radius 1 is 1.08 bits per heavy atom. The van der Waals surface area contributed by atoms with Gasteiger partial charge in [-0.3, -0.25) is 19.5 Å². The van der Waals surface area contributed by atoms with Crippen molar-refractivity contribution in [3.8, 4) is 0 Å². The summed E-state index contributed by atoms with van der Waals surface area (Å²) in [6.45, 7) is 2.03. The van der Waals surface area contributed by atoms with Gasteiger partial charge in [0.25, 0.3) is 0 Å². The smallest absolute Gasteiger partial charge is 0.307 e. The van der Waals surface area contributed by atoms with Crippen molar-refractivity contribution >= 4 is 11.9 Å². The number of hydrogen-bond acceptors (Lipinski definition) is 4. The van der Waals surface area contributed by atoms with Gasteiger partial charge in [0.2, 0.25) is 5.91 Å². The molecule has 0 saturated carbocycles. The van der Waals surface area contributed by atoms with Gasteiger partial charge in [-0.2, -0.15) is 0 Å². The van der Waals surface area contributed by atoms with Crippen molar-refractivity contribution in [2.45, 2.75) is 19.5 Å². The van der Waals surface area contributed by atoms with Gasteiger partial charge < -0.3 is 10.4 Å². The Bertz CT molecular complexity index is 736. The molecule has 6 heteroatoms. The Balaban J connectivity index is 1.63. The summed E-state index contributed by atoms with van der Waals surface area (Å²) in [7, 11) is 0. The molecule has 6 nitrogen and oxygen atoms in total. The monoisotopic (exact) mass is 353 g/mol. The zero-order valence-corrected chi connectivity index (χ0v) is 14.5. The zero-order chi connectivity index (χ0) is 18.4. The van der Waals surface area contributed by atoms with Crippen LogP contribution in [-0.4, -0.2) is 40.0 Å². The fraction of sp³-hybridized carbons (Fsp3) is 0.350. The molecule has 1 aliphatic rings. The third-order valence-corrected chi connectivity index (χ3v) is 4.67. The summed E-state index contributed by atoms with van der Waals surface area (Å²) >= 11 is 0. The maximum absolute atomic E-state index is 12.6. The van der Waals surface area contributed by atoms with Crippen molar-refractivity contribution in [2.24, 2.45) is 11.8 Å². The predicted octanol–water partition coefficient (Wildman–Crippen LogP) is 1.92. The average Bonchev–Trinajstić information content (AvgIpc) is 2.67. The number of carboxylic acids is 1. The Morgan fingerprint density at radius 2 is 1.81 bits per heavy atom. The molecule has 26 heavy (non-hydrogen) atoms. The Kier molecular flexibility index (Phi) is 5.96. The molecule has 1 amide bonds. The molecule has 1 saturated heterocycles. The number of carboxylic acid groups (broad SMARTS) is 1. The molecule has 3 rings (SSSR count). The van der Waals surface area contributed by atoms with Gasteiger partial charge in [-0.1, -0.05) is 36.4 Å². The van der Waals surface area contributed by atoms with E-state index >= 15 is 0 Å². The highest BCUT2D eigenvalue weighted by Crippen LogP contribution is 2.24. The summed E-state index contributed by atoms with van der Waals surface area (Å²) in [6, 6.07) is 15.5. The van der Waals surface area contributed by atoms with E-state index in [2.05, 4.69) is 15.2 Å². The third-order valence-electron chi connectivity index (χ3n) is 4.67. The molecular formula is C20H23N3O3. The minimum atomic E-state index is -0.842. The Morgan fingerprint density at radius 3 is 2.50 bits per heavy atom. The van der Waals surface area contributed by atoms with Gasteiger partial charge in [0.1, 0.15) is 0 Å². The fourth-order valence-corrected chi connectivity index (χ4v) is 3.35. The lowest BCUT2D eigenvalue weighted by atomic mass is 9.88. The van der Waals surface area contributed by atoms with Crippen LogP contribution in [0, 0.1) is 11.8 Å². The van der Waals surface area contributed by atoms with E-state index in [-0.39, 0.29) is 11.8 Å². The molecule has 0 unspecified atom stereocenters. The predicted molar refractivity (Wildman–Crippen MR) is 97.0 cm³/mol. The number of likely N-dealkylation sites (tertiary alicyclic amines) is 1. The van der Waals surface area contributed by atoms with Crippen LogP contribution in [0.2, 0.25) is 0 Å². The molecular weight excluding hydrogens is 330 g/mol. The van der Waals surface area contributed by atoms with Crippen LogP contribution in [-0.2, 0) is 22.7 Å². The summed E-state index contributed by atoms with van der Waals surface area (Å²) in [6.07, 6.45) is 2.05. The number of hydrogen-bond donors (Lipinski definition) is 2. The lowest BCUT2D eigenvalue weighted by molar-refractivity contribution is -0.145. The minimum absolute atomic E-state index is 0.111. The molecule has 0 radical (unpaired) electrons. The SMILES string of the molecule is O=C(O)[C@H]1C[C@H](C(=O)NCc2ccccn2)CN(Cc2ccccc2)C1. The van der Waals surface area contributed by atoms with E-state index in [1.807, 2.05) is 48.5 Å². The minimum Gasteiger partial charge on any atom is -0.481 e. The number of piperidine rings is 1. The number of nitrogens with one attached hydrogen (secondary N) is 1. The first-order valence-corrected chi connectivity index (χ1v) is 8.78. The van der Waals surface area contributed by atoms with Gasteiger partial charge in [-0.05, 0) is 24.1 Å². The molecule has 2 heterocycles. The Hall–Kier alpha value is -2.73. The molecule has 0 bridgehead atoms. The van der Waals surface area contributed by atoms with Gasteiger partial charge >= 0.3 is 5.97 Å². The second-order valence-corrected chi connectivity index (χ2v) is 6.69. The van der Waals surface area contributed by atoms with Crippen molar-refractivity contribution in [3.05, 3.63) is 66.0 Å². The van der Waals surface area contributed by atoms with Crippen LogP contribution in [0.1, 0.15) is 17.7 Å². The van der Waals surface area contributed by atoms with Crippen molar-refractivity contribution in [1.29, 1.82) is 0 Å². The quantitative estimate of drug-likeness (QED) is 0.829. The van der Waals surface area contributed by atoms with Gasteiger partial charge in [0.15, 0.2) is 0 Å². The van der Waals surface area contributed by atoms with Crippen molar-refractivity contribution in [2.75, 3.05) is 13.1 Å². The van der Waals surface area contributed by atoms with E-state index in [4.69, 9.17) is 0 Å². The maximum Gasteiger partial charge on any atom is 0.307 e. The van der Waals surface area contributed by atoms with Crippen LogP contribution in [0.25, 0.3) is 0 Å². The second-order valence-electron chi connectivity index (χ2n) is 6.69. The summed E-state index contributed by atoms with van der Waals surface area (Å²) in [5.41, 5.74) is 1.90. The molecule has 2 aromatic rings. The van der Waals surface area contributed by atoms with Crippen molar-refractivity contribution in [1.82, 2.24) is 15.2 Å². The number of carbonyl (C=O) groups is 2. The van der Waals surface area contributed by atoms with Crippen LogP contribution in [0.4, 0.5) is 0 Å². The number of rotatable bonds is 6. The standard InChI is InChI=1S/C20H23N3O3/c24-19(22-11-18-8-4-5-9-21-18)16-10-17(20(25)26)14-23(13-16)12-15-6-2-1-3-7-15/h1-9,16-17H,10-14H2,(H,22,24)(H,25,26)/t16-,17-/m0/s1. The van der Waals surface area contributed by atoms with Crippen molar-refractivity contribution < 1.29 is 14.7 Å². The first-order chi connectivity index (χ1) is 12.6. The van der Waals surface area contributed by atoms with Gasteiger partial charge in [0.05, 0.1) is 24.1 Å². The molecule has 2 N–H and O–H groups in total. The van der Waals surface area contributed by atoms with Crippen LogP contribution in [0.15, 0.2) is 54.7 Å². The summed E-state index contributed by atoms with van der Waals surface area (Å²) in [4.78, 5) is 30.4. The number of nitrogens with zero attached hydrogens (tertiary/aromatic N) is 2. The Labute approximate surface area is 152 Å². The van der Waals surface area contributed by atoms with E-state index in [0.29, 0.717) is 32.6 Å². The number of benzene rings is 1. The molecule has 1 aliphatic heterocycles. The van der Waals surface area contributed by atoms with E-state index in [1.165, 1.54) is 0 Å². The lowest BCUT2D eigenvalue weighted by Crippen LogP contribution is -2.47. The third kappa shape index (κ3) is 4.89. The highest BCUT2D eigenvalue weighted by molar-refractivity contribution is 5.80. The number of aliphatic carboxylic acids is 1. The molecule has 1 fully saturated rings. The number of aromatic nitrogens is 1. The van der Waals surface area contributed by atoms with Crippen molar-refractivity contribution in [3.63, 3.8) is 0 Å². The molecule has 1 aromatic heterocycles. The zero-order valence-electron chi connectivity index (χ0n) is 14.5. The van der Waals surface area contributed by atoms with Gasteiger partial charge in [-0.15, -0.1) is 0 Å². The van der Waals surface area contributed by atoms with Crippen LogP contribution < -0.4 is 5.32 Å². The average molecular weight is 353 g/mol. The van der Waals surface area contributed by atoms with Gasteiger partial charge in [-0.25, -0.2) is 0 Å². The highest BCUT2D eigenvalue weighted by Gasteiger charge is 2.34. The summed E-state index contributed by atoms with van der Waals surface area (Å²) in [5.74, 6) is -1.82. The molecule has 0 aliphatic carbocycles. The fourth-order valence-electron chi connectivity index (χ4n) is 3.35. The molecule has 2 atom stereocenters. The van der Waals surface area contributed by atoms with E-state index in [1.54, 1.807) is 6.20 Å². The normalized spacial score (nSPS) is 20.5. The second kappa shape index (κ2) is 8.58. The van der Waals surface area contributed by atoms with Crippen LogP contribution in [0.5, 0.6) is 0 Å². The number of amides is 1. The van der Waals surface area contributed by atoms with E-state index in [9.17, 15) is 14.7 Å². The first-order valence-electron chi connectivity index (χ1n) is 8.78. The first kappa shape index (κ1) is 18.1. The van der Waals surface area contributed by atoms with Crippen LogP contribution in [0.3, 0.4) is 0 Å². The molecule has 1 aromatic carbocycles. The van der Waals surface area contributed by atoms with E-state index < -0.39 is 11.9 Å². The van der Waals surface area contributed by atoms with Gasteiger partial charge in [0, 0.05) is 25.8 Å². The summed E-state index contributed by atoms with van der Waals surface area (Å²) in [5, 5.41) is 12.4. The maximum atomic E-state index is 12.6. The topological polar surface area (TPSA) is 82.5 Å².